The van der Waals surface area contributed by atoms with Gasteiger partial charge in [-0.3, -0.25) is 4.90 Å². The summed E-state index contributed by atoms with van der Waals surface area (Å²) in [6.07, 6.45) is 4.15. The molecule has 2 aromatic carbocycles. The number of piperidine rings is 1. The number of hydrogen-bond acceptors (Lipinski definition) is 1. The molecule has 2 heterocycles. The van der Waals surface area contributed by atoms with Crippen molar-refractivity contribution in [2.75, 3.05) is 7.05 Å². The van der Waals surface area contributed by atoms with Crippen LogP contribution >= 0.6 is 0 Å². The van der Waals surface area contributed by atoms with E-state index in [4.69, 9.17) is 0 Å². The van der Waals surface area contributed by atoms with E-state index in [1.807, 2.05) is 13.8 Å². The molecule has 2 aromatic rings. The first-order chi connectivity index (χ1) is 11.8. The van der Waals surface area contributed by atoms with Crippen molar-refractivity contribution in [3.63, 3.8) is 0 Å². The fourth-order valence-corrected chi connectivity index (χ4v) is 5.70. The van der Waals surface area contributed by atoms with Gasteiger partial charge in [0.1, 0.15) is 0 Å². The molecule has 0 saturated carbocycles. The number of hydrogen-bond donors (Lipinski definition) is 0. The minimum atomic E-state index is 0.610. The van der Waals surface area contributed by atoms with Gasteiger partial charge in [0.2, 0.25) is 0 Å². The Kier molecular flexibility index (Phi) is 4.22. The topological polar surface area (TPSA) is 3.24 Å². The monoisotopic (exact) mass is 319 g/mol. The molecule has 1 nitrogen and oxygen atoms in total. The second-order valence-electron chi connectivity index (χ2n) is 7.41. The SMILES string of the molecule is CC.CN1C2CCC1C1c3ccccc3C(c3ccccc3)C1C2. The molecule has 2 fully saturated rings. The van der Waals surface area contributed by atoms with E-state index in [0.717, 1.165) is 23.9 Å². The average molecular weight is 319 g/mol. The largest absolute Gasteiger partial charge is 0.300 e. The maximum absolute atomic E-state index is 2.69. The van der Waals surface area contributed by atoms with Crippen molar-refractivity contribution < 1.29 is 0 Å². The fraction of sp³-hybridized carbons (Fsp3) is 0.478. The quantitative estimate of drug-likeness (QED) is 0.678. The van der Waals surface area contributed by atoms with Crippen LogP contribution in [0.3, 0.4) is 0 Å². The van der Waals surface area contributed by atoms with E-state index < -0.39 is 0 Å². The molecule has 1 heteroatoms. The molecule has 0 spiro atoms. The van der Waals surface area contributed by atoms with E-state index in [0.29, 0.717) is 5.92 Å². The molecule has 2 saturated heterocycles. The van der Waals surface area contributed by atoms with Crippen molar-refractivity contribution in [2.45, 2.75) is 57.0 Å². The van der Waals surface area contributed by atoms with Crippen molar-refractivity contribution in [2.24, 2.45) is 5.92 Å². The summed E-state index contributed by atoms with van der Waals surface area (Å²) in [7, 11) is 2.36. The molecule has 0 N–H and O–H groups in total. The number of rotatable bonds is 1. The summed E-state index contributed by atoms with van der Waals surface area (Å²) < 4.78 is 0. The summed E-state index contributed by atoms with van der Waals surface area (Å²) in [5.74, 6) is 2.15. The highest BCUT2D eigenvalue weighted by Crippen LogP contribution is 2.58. The molecule has 5 unspecified atom stereocenters. The molecule has 2 bridgehead atoms. The van der Waals surface area contributed by atoms with E-state index in [1.165, 1.54) is 24.8 Å². The van der Waals surface area contributed by atoms with Crippen LogP contribution in [-0.2, 0) is 0 Å². The lowest BCUT2D eigenvalue weighted by atomic mass is 9.75. The molecule has 1 aliphatic carbocycles. The molecule has 3 aliphatic rings. The second kappa shape index (κ2) is 6.37. The van der Waals surface area contributed by atoms with Crippen LogP contribution < -0.4 is 0 Å². The van der Waals surface area contributed by atoms with Gasteiger partial charge in [0.05, 0.1) is 0 Å². The minimum absolute atomic E-state index is 0.610. The van der Waals surface area contributed by atoms with Gasteiger partial charge in [-0.2, -0.15) is 0 Å². The van der Waals surface area contributed by atoms with Gasteiger partial charge in [-0.05, 0) is 48.9 Å². The highest BCUT2D eigenvalue weighted by molar-refractivity contribution is 5.48. The standard InChI is InChI=1S/C21H23N.C2H6/c1-22-15-11-12-19(22)21-17-10-6-5-9-16(17)20(18(21)13-15)14-7-3-2-4-8-14;1-2/h2-10,15,18-21H,11-13H2,1H3;1-2H3. The van der Waals surface area contributed by atoms with Crippen molar-refractivity contribution >= 4 is 0 Å². The fourth-order valence-electron chi connectivity index (χ4n) is 5.70. The molecule has 0 amide bonds. The van der Waals surface area contributed by atoms with E-state index >= 15 is 0 Å². The first-order valence-electron chi connectivity index (χ1n) is 9.70. The third-order valence-electron chi connectivity index (χ3n) is 6.59. The highest BCUT2D eigenvalue weighted by Gasteiger charge is 2.53. The first-order valence-corrected chi connectivity index (χ1v) is 9.70. The Bertz CT molecular complexity index is 692. The third-order valence-corrected chi connectivity index (χ3v) is 6.59. The van der Waals surface area contributed by atoms with Crippen LogP contribution in [0, 0.1) is 5.92 Å². The average Bonchev–Trinajstić information content (AvgIpc) is 3.08. The lowest BCUT2D eigenvalue weighted by Gasteiger charge is -2.42. The summed E-state index contributed by atoms with van der Waals surface area (Å²) in [5.41, 5.74) is 4.76. The zero-order chi connectivity index (χ0) is 16.7. The zero-order valence-corrected chi connectivity index (χ0v) is 15.2. The maximum Gasteiger partial charge on any atom is 0.0168 e. The molecule has 0 radical (unpaired) electrons. The second-order valence-corrected chi connectivity index (χ2v) is 7.41. The van der Waals surface area contributed by atoms with Crippen LogP contribution in [0.25, 0.3) is 0 Å². The van der Waals surface area contributed by atoms with Crippen molar-refractivity contribution in [3.8, 4) is 0 Å². The van der Waals surface area contributed by atoms with Gasteiger partial charge in [-0.1, -0.05) is 68.4 Å². The van der Waals surface area contributed by atoms with Crippen LogP contribution in [-0.4, -0.2) is 24.0 Å². The number of nitrogens with zero attached hydrogens (tertiary/aromatic N) is 1. The Morgan fingerprint density at radius 2 is 1.50 bits per heavy atom. The summed E-state index contributed by atoms with van der Waals surface area (Å²) in [6.45, 7) is 4.00. The number of benzene rings is 2. The maximum atomic E-state index is 2.69. The van der Waals surface area contributed by atoms with E-state index in [1.54, 1.807) is 11.1 Å². The Morgan fingerprint density at radius 3 is 2.25 bits per heavy atom. The Labute approximate surface area is 146 Å². The van der Waals surface area contributed by atoms with Crippen LogP contribution in [0.1, 0.15) is 61.6 Å². The molecule has 5 rings (SSSR count). The Hall–Kier alpha value is -1.60. The van der Waals surface area contributed by atoms with Gasteiger partial charge in [0, 0.05) is 23.9 Å². The minimum Gasteiger partial charge on any atom is -0.300 e. The van der Waals surface area contributed by atoms with Crippen molar-refractivity contribution in [3.05, 3.63) is 71.3 Å². The predicted molar refractivity (Wildman–Crippen MR) is 101 cm³/mol. The number of fused-ring (bicyclic) bond motifs is 6. The molecule has 126 valence electrons. The van der Waals surface area contributed by atoms with Gasteiger partial charge >= 0.3 is 0 Å². The van der Waals surface area contributed by atoms with E-state index in [-0.39, 0.29) is 0 Å². The third kappa shape index (κ3) is 2.25. The van der Waals surface area contributed by atoms with Gasteiger partial charge < -0.3 is 0 Å². The van der Waals surface area contributed by atoms with Gasteiger partial charge in [-0.25, -0.2) is 0 Å². The van der Waals surface area contributed by atoms with Crippen LogP contribution in [0.4, 0.5) is 0 Å². The summed E-state index contributed by atoms with van der Waals surface area (Å²) in [6, 6.07) is 22.1. The molecular formula is C23H29N. The van der Waals surface area contributed by atoms with Gasteiger partial charge in [0.15, 0.2) is 0 Å². The molecule has 0 aromatic heterocycles. The van der Waals surface area contributed by atoms with Gasteiger partial charge in [-0.15, -0.1) is 0 Å². The molecule has 5 atom stereocenters. The molecule has 2 aliphatic heterocycles. The molecule has 24 heavy (non-hydrogen) atoms. The summed E-state index contributed by atoms with van der Waals surface area (Å²) >= 11 is 0. The van der Waals surface area contributed by atoms with Crippen LogP contribution in [0.2, 0.25) is 0 Å². The lowest BCUT2D eigenvalue weighted by molar-refractivity contribution is 0.110. The van der Waals surface area contributed by atoms with Crippen molar-refractivity contribution in [1.29, 1.82) is 0 Å². The Morgan fingerprint density at radius 1 is 0.833 bits per heavy atom. The first kappa shape index (κ1) is 15.9. The molecular weight excluding hydrogens is 290 g/mol. The summed E-state index contributed by atoms with van der Waals surface area (Å²) in [5, 5.41) is 0. The smallest absolute Gasteiger partial charge is 0.0168 e. The Balaban J connectivity index is 0.000000704. The van der Waals surface area contributed by atoms with Crippen LogP contribution in [0.5, 0.6) is 0 Å². The zero-order valence-electron chi connectivity index (χ0n) is 15.2. The van der Waals surface area contributed by atoms with E-state index in [2.05, 4.69) is 66.5 Å². The van der Waals surface area contributed by atoms with Gasteiger partial charge in [0.25, 0.3) is 0 Å². The number of likely N-dealkylation sites (N-methyl/N-ethyl adjacent to an activating group) is 1. The van der Waals surface area contributed by atoms with E-state index in [9.17, 15) is 0 Å². The highest BCUT2D eigenvalue weighted by atomic mass is 15.2. The summed E-state index contributed by atoms with van der Waals surface area (Å²) in [4.78, 5) is 2.69. The predicted octanol–water partition coefficient (Wildman–Crippen LogP) is 5.42. The van der Waals surface area contributed by atoms with Crippen LogP contribution in [0.15, 0.2) is 54.6 Å². The lowest BCUT2D eigenvalue weighted by Crippen LogP contribution is -2.44. The normalized spacial score (nSPS) is 33.4. The van der Waals surface area contributed by atoms with Crippen molar-refractivity contribution in [1.82, 2.24) is 4.90 Å².